The number of hydrogen-bond acceptors (Lipinski definition) is 2. The number of nitrogens with one attached hydrogen (secondary N) is 1. The maximum atomic E-state index is 13.1. The van der Waals surface area contributed by atoms with Gasteiger partial charge in [-0.15, -0.1) is 0 Å². The lowest BCUT2D eigenvalue weighted by Crippen LogP contribution is -2.15. The number of nitrogens with two attached hydrogens (primary N) is 1. The Balaban J connectivity index is 2.01. The van der Waals surface area contributed by atoms with E-state index in [0.717, 1.165) is 11.3 Å². The molecule has 1 fully saturated rings. The normalized spacial score (nSPS) is 16.7. The van der Waals surface area contributed by atoms with Crippen molar-refractivity contribution in [1.29, 1.82) is 5.41 Å². The average molecular weight is 266 g/mol. The molecule has 0 spiro atoms. The van der Waals surface area contributed by atoms with Crippen LogP contribution >= 0.6 is 11.8 Å². The maximum absolute atomic E-state index is 13.1. The van der Waals surface area contributed by atoms with E-state index >= 15 is 0 Å². The van der Waals surface area contributed by atoms with Crippen LogP contribution in [-0.4, -0.2) is 11.1 Å². The number of rotatable bonds is 4. The Labute approximate surface area is 112 Å². The predicted molar refractivity (Wildman–Crippen MR) is 75.6 cm³/mol. The van der Waals surface area contributed by atoms with Crippen molar-refractivity contribution in [2.24, 2.45) is 5.73 Å². The van der Waals surface area contributed by atoms with Crippen LogP contribution in [0.15, 0.2) is 18.2 Å². The SMILES string of the molecule is N=C(N)c1cc(F)ccc1CSC1CCCCC1. The number of amidine groups is 1. The van der Waals surface area contributed by atoms with Gasteiger partial charge in [0.1, 0.15) is 11.7 Å². The van der Waals surface area contributed by atoms with Gasteiger partial charge in [0, 0.05) is 16.6 Å². The minimum Gasteiger partial charge on any atom is -0.384 e. The van der Waals surface area contributed by atoms with Crippen molar-refractivity contribution >= 4 is 17.6 Å². The van der Waals surface area contributed by atoms with Crippen LogP contribution in [0.4, 0.5) is 4.39 Å². The quantitative estimate of drug-likeness (QED) is 0.645. The van der Waals surface area contributed by atoms with E-state index in [4.69, 9.17) is 11.1 Å². The van der Waals surface area contributed by atoms with Crippen LogP contribution in [0.2, 0.25) is 0 Å². The highest BCUT2D eigenvalue weighted by Crippen LogP contribution is 2.31. The zero-order valence-electron chi connectivity index (χ0n) is 10.4. The summed E-state index contributed by atoms with van der Waals surface area (Å²) in [5, 5.41) is 8.21. The van der Waals surface area contributed by atoms with E-state index in [9.17, 15) is 4.39 Å². The van der Waals surface area contributed by atoms with Crippen LogP contribution < -0.4 is 5.73 Å². The summed E-state index contributed by atoms with van der Waals surface area (Å²) in [5.41, 5.74) is 7.01. The Bertz CT molecular complexity index is 428. The van der Waals surface area contributed by atoms with Gasteiger partial charge in [-0.2, -0.15) is 11.8 Å². The molecule has 0 bridgehead atoms. The molecule has 0 aromatic heterocycles. The molecule has 0 heterocycles. The summed E-state index contributed by atoms with van der Waals surface area (Å²) in [6, 6.07) is 4.56. The lowest BCUT2D eigenvalue weighted by Gasteiger charge is -2.21. The third-order valence-electron chi connectivity index (χ3n) is 3.39. The van der Waals surface area contributed by atoms with Crippen LogP contribution in [0, 0.1) is 11.2 Å². The Hall–Kier alpha value is -1.03. The standard InChI is InChI=1S/C14H19FN2S/c15-11-7-6-10(13(8-11)14(16)17)9-18-12-4-2-1-3-5-12/h6-8,12H,1-5,9H2,(H3,16,17). The topological polar surface area (TPSA) is 49.9 Å². The molecule has 1 aliphatic carbocycles. The summed E-state index contributed by atoms with van der Waals surface area (Å²) in [6.45, 7) is 0. The molecule has 1 aromatic rings. The molecule has 18 heavy (non-hydrogen) atoms. The third-order valence-corrected chi connectivity index (χ3v) is 4.81. The third kappa shape index (κ3) is 3.48. The molecular formula is C14H19FN2S. The van der Waals surface area contributed by atoms with E-state index in [-0.39, 0.29) is 11.7 Å². The lowest BCUT2D eigenvalue weighted by molar-refractivity contribution is 0.516. The Kier molecular flexibility index (Phi) is 4.64. The van der Waals surface area contributed by atoms with E-state index in [1.54, 1.807) is 6.07 Å². The largest absolute Gasteiger partial charge is 0.384 e. The highest BCUT2D eigenvalue weighted by molar-refractivity contribution is 7.99. The van der Waals surface area contributed by atoms with Crippen molar-refractivity contribution in [3.8, 4) is 0 Å². The van der Waals surface area contributed by atoms with Gasteiger partial charge in [-0.3, -0.25) is 5.41 Å². The molecule has 2 nitrogen and oxygen atoms in total. The van der Waals surface area contributed by atoms with Crippen LogP contribution in [0.1, 0.15) is 43.2 Å². The molecule has 0 unspecified atom stereocenters. The minimum absolute atomic E-state index is 0.0475. The first-order valence-electron chi connectivity index (χ1n) is 6.41. The monoisotopic (exact) mass is 266 g/mol. The number of hydrogen-bond donors (Lipinski definition) is 2. The molecule has 0 radical (unpaired) electrons. The van der Waals surface area contributed by atoms with Crippen LogP contribution in [0.3, 0.4) is 0 Å². The maximum Gasteiger partial charge on any atom is 0.123 e. The average Bonchev–Trinajstić information content (AvgIpc) is 2.38. The van der Waals surface area contributed by atoms with Crippen LogP contribution in [0.5, 0.6) is 0 Å². The molecule has 1 saturated carbocycles. The van der Waals surface area contributed by atoms with Gasteiger partial charge >= 0.3 is 0 Å². The zero-order valence-corrected chi connectivity index (χ0v) is 11.2. The van der Waals surface area contributed by atoms with E-state index in [1.807, 2.05) is 11.8 Å². The van der Waals surface area contributed by atoms with E-state index < -0.39 is 0 Å². The summed E-state index contributed by atoms with van der Waals surface area (Å²) in [4.78, 5) is 0. The fourth-order valence-corrected chi connectivity index (χ4v) is 3.70. The molecule has 0 amide bonds. The van der Waals surface area contributed by atoms with Gasteiger partial charge in [0.2, 0.25) is 0 Å². The van der Waals surface area contributed by atoms with Crippen molar-refractivity contribution in [3.63, 3.8) is 0 Å². The zero-order chi connectivity index (χ0) is 13.0. The molecule has 0 saturated heterocycles. The second-order valence-electron chi connectivity index (χ2n) is 4.79. The van der Waals surface area contributed by atoms with E-state index in [2.05, 4.69) is 0 Å². The fourth-order valence-electron chi connectivity index (χ4n) is 2.36. The number of halogens is 1. The summed E-state index contributed by atoms with van der Waals surface area (Å²) >= 11 is 1.91. The molecule has 98 valence electrons. The molecule has 0 aliphatic heterocycles. The van der Waals surface area contributed by atoms with Gasteiger partial charge in [-0.25, -0.2) is 4.39 Å². The van der Waals surface area contributed by atoms with Crippen molar-refractivity contribution in [2.75, 3.05) is 0 Å². The van der Waals surface area contributed by atoms with Gasteiger partial charge in [0.05, 0.1) is 0 Å². The smallest absolute Gasteiger partial charge is 0.123 e. The first-order chi connectivity index (χ1) is 8.66. The summed E-state index contributed by atoms with van der Waals surface area (Å²) in [6.07, 6.45) is 6.55. The molecule has 4 heteroatoms. The van der Waals surface area contributed by atoms with E-state index in [1.165, 1.54) is 44.2 Å². The molecule has 2 rings (SSSR count). The summed E-state index contributed by atoms with van der Waals surface area (Å²) in [7, 11) is 0. The Morgan fingerprint density at radius 2 is 2.06 bits per heavy atom. The Morgan fingerprint density at radius 1 is 1.33 bits per heavy atom. The molecule has 1 aliphatic rings. The fraction of sp³-hybridized carbons (Fsp3) is 0.500. The van der Waals surface area contributed by atoms with Crippen molar-refractivity contribution < 1.29 is 4.39 Å². The van der Waals surface area contributed by atoms with Gasteiger partial charge in [-0.1, -0.05) is 25.3 Å². The van der Waals surface area contributed by atoms with Crippen molar-refractivity contribution in [2.45, 2.75) is 43.1 Å². The van der Waals surface area contributed by atoms with Gasteiger partial charge in [0.15, 0.2) is 0 Å². The second kappa shape index (κ2) is 6.23. The molecule has 3 N–H and O–H groups in total. The minimum atomic E-state index is -0.327. The highest BCUT2D eigenvalue weighted by Gasteiger charge is 2.15. The number of benzene rings is 1. The van der Waals surface area contributed by atoms with E-state index in [0.29, 0.717) is 10.8 Å². The van der Waals surface area contributed by atoms with Crippen molar-refractivity contribution in [3.05, 3.63) is 35.1 Å². The molecular weight excluding hydrogens is 247 g/mol. The first-order valence-corrected chi connectivity index (χ1v) is 7.46. The highest BCUT2D eigenvalue weighted by atomic mass is 32.2. The molecule has 1 aromatic carbocycles. The van der Waals surface area contributed by atoms with Crippen molar-refractivity contribution in [1.82, 2.24) is 0 Å². The lowest BCUT2D eigenvalue weighted by atomic mass is 10.0. The Morgan fingerprint density at radius 3 is 2.72 bits per heavy atom. The number of nitrogen functional groups attached to an aromatic ring is 1. The number of thioether (sulfide) groups is 1. The summed E-state index contributed by atoms with van der Waals surface area (Å²) in [5.74, 6) is 0.445. The molecule has 0 atom stereocenters. The predicted octanol–water partition coefficient (Wildman–Crippen LogP) is 3.68. The second-order valence-corrected chi connectivity index (χ2v) is 6.07. The van der Waals surface area contributed by atoms with Gasteiger partial charge in [0.25, 0.3) is 0 Å². The van der Waals surface area contributed by atoms with Gasteiger partial charge < -0.3 is 5.73 Å². The first kappa shape index (κ1) is 13.4. The van der Waals surface area contributed by atoms with Gasteiger partial charge in [-0.05, 0) is 30.5 Å². The summed E-state index contributed by atoms with van der Waals surface area (Å²) < 4.78 is 13.1. The van der Waals surface area contributed by atoms with Crippen LogP contribution in [0.25, 0.3) is 0 Å². The van der Waals surface area contributed by atoms with Crippen LogP contribution in [-0.2, 0) is 5.75 Å².